The molecule has 1 amide bonds. The van der Waals surface area contributed by atoms with Crippen LogP contribution >= 0.6 is 15.9 Å². The number of rotatable bonds is 7. The third-order valence-electron chi connectivity index (χ3n) is 5.95. The molecule has 162 valence electrons. The second-order valence-corrected chi connectivity index (χ2v) is 10.1. The quantitative estimate of drug-likeness (QED) is 0.583. The van der Waals surface area contributed by atoms with Gasteiger partial charge in [-0.1, -0.05) is 41.9 Å². The molecule has 1 fully saturated rings. The molecule has 1 aromatic heterocycles. The summed E-state index contributed by atoms with van der Waals surface area (Å²) in [6.45, 7) is 4.65. The number of benzene rings is 1. The van der Waals surface area contributed by atoms with Crippen LogP contribution in [-0.2, 0) is 6.42 Å². The Labute approximate surface area is 183 Å². The van der Waals surface area contributed by atoms with Gasteiger partial charge in [0.2, 0.25) is 0 Å². The number of carbonyl (C=O) groups excluding carboxylic acids is 1. The van der Waals surface area contributed by atoms with Crippen molar-refractivity contribution in [1.82, 2.24) is 15.1 Å². The second-order valence-electron chi connectivity index (χ2n) is 9.23. The molecular formula is C22H27BrF2N4O. The summed E-state index contributed by atoms with van der Waals surface area (Å²) < 4.78 is 29.5. The zero-order chi connectivity index (χ0) is 21.5. The maximum Gasteiger partial charge on any atom is 0.260 e. The number of amides is 1. The van der Waals surface area contributed by atoms with Gasteiger partial charge in [0, 0.05) is 17.1 Å². The SMILES string of the molecule is CC(C)(CNC(=O)c1cnn2c1N[C@@H](C1CC1)C[C@H]2C(F)F)Cc1cccc(Br)c1. The second kappa shape index (κ2) is 8.29. The highest BCUT2D eigenvalue weighted by molar-refractivity contribution is 9.10. The number of fused-ring (bicyclic) bond motifs is 1. The summed E-state index contributed by atoms with van der Waals surface area (Å²) >= 11 is 3.49. The minimum atomic E-state index is -2.51. The number of carbonyl (C=O) groups is 1. The van der Waals surface area contributed by atoms with Gasteiger partial charge >= 0.3 is 0 Å². The molecule has 1 aliphatic carbocycles. The van der Waals surface area contributed by atoms with E-state index in [0.29, 0.717) is 30.3 Å². The third kappa shape index (κ3) is 4.68. The van der Waals surface area contributed by atoms with E-state index in [1.54, 1.807) is 0 Å². The van der Waals surface area contributed by atoms with E-state index in [-0.39, 0.29) is 17.4 Å². The van der Waals surface area contributed by atoms with Crippen molar-refractivity contribution in [3.63, 3.8) is 0 Å². The zero-order valence-corrected chi connectivity index (χ0v) is 18.8. The van der Waals surface area contributed by atoms with E-state index in [2.05, 4.69) is 57.6 Å². The van der Waals surface area contributed by atoms with Gasteiger partial charge in [-0.05, 0) is 54.7 Å². The number of halogens is 3. The maximum atomic E-state index is 13.6. The molecule has 2 aromatic rings. The van der Waals surface area contributed by atoms with Gasteiger partial charge in [-0.15, -0.1) is 0 Å². The molecule has 0 radical (unpaired) electrons. The van der Waals surface area contributed by atoms with Gasteiger partial charge in [0.25, 0.3) is 12.3 Å². The van der Waals surface area contributed by atoms with Gasteiger partial charge in [-0.25, -0.2) is 13.5 Å². The predicted molar refractivity (Wildman–Crippen MR) is 116 cm³/mol. The minimum Gasteiger partial charge on any atom is -0.367 e. The maximum absolute atomic E-state index is 13.6. The summed E-state index contributed by atoms with van der Waals surface area (Å²) in [5, 5.41) is 10.4. The lowest BCUT2D eigenvalue weighted by atomic mass is 9.85. The van der Waals surface area contributed by atoms with Crippen LogP contribution in [0.1, 0.15) is 55.1 Å². The van der Waals surface area contributed by atoms with Crippen molar-refractivity contribution in [2.24, 2.45) is 11.3 Å². The molecule has 8 heteroatoms. The van der Waals surface area contributed by atoms with Crippen molar-refractivity contribution in [1.29, 1.82) is 0 Å². The van der Waals surface area contributed by atoms with E-state index < -0.39 is 12.5 Å². The van der Waals surface area contributed by atoms with Gasteiger partial charge in [0.1, 0.15) is 17.4 Å². The molecule has 1 aromatic carbocycles. The van der Waals surface area contributed by atoms with Crippen LogP contribution in [-0.4, -0.2) is 34.7 Å². The first kappa shape index (κ1) is 21.3. The Morgan fingerprint density at radius 1 is 1.40 bits per heavy atom. The summed E-state index contributed by atoms with van der Waals surface area (Å²) in [4.78, 5) is 12.9. The van der Waals surface area contributed by atoms with Crippen LogP contribution in [0.3, 0.4) is 0 Å². The van der Waals surface area contributed by atoms with Crippen LogP contribution in [0.2, 0.25) is 0 Å². The van der Waals surface area contributed by atoms with E-state index >= 15 is 0 Å². The van der Waals surface area contributed by atoms with Crippen molar-refractivity contribution in [3.05, 3.63) is 46.1 Å². The van der Waals surface area contributed by atoms with Crippen molar-refractivity contribution < 1.29 is 13.6 Å². The van der Waals surface area contributed by atoms with E-state index in [1.165, 1.54) is 16.4 Å². The highest BCUT2D eigenvalue weighted by atomic mass is 79.9. The molecule has 2 N–H and O–H groups in total. The van der Waals surface area contributed by atoms with Crippen molar-refractivity contribution >= 4 is 27.7 Å². The third-order valence-corrected chi connectivity index (χ3v) is 6.45. The monoisotopic (exact) mass is 480 g/mol. The largest absolute Gasteiger partial charge is 0.367 e. The molecule has 0 spiro atoms. The van der Waals surface area contributed by atoms with Crippen LogP contribution in [0.15, 0.2) is 34.9 Å². The Morgan fingerprint density at radius 2 is 2.17 bits per heavy atom. The van der Waals surface area contributed by atoms with Crippen molar-refractivity contribution in [2.45, 2.75) is 58.0 Å². The molecule has 0 unspecified atom stereocenters. The molecule has 30 heavy (non-hydrogen) atoms. The lowest BCUT2D eigenvalue weighted by Crippen LogP contribution is -2.39. The minimum absolute atomic E-state index is 0.0206. The van der Waals surface area contributed by atoms with Gasteiger partial charge in [-0.3, -0.25) is 4.79 Å². The summed E-state index contributed by atoms with van der Waals surface area (Å²) in [6, 6.07) is 7.11. The fourth-order valence-electron chi connectivity index (χ4n) is 4.21. The molecule has 2 atom stereocenters. The number of hydrogen-bond acceptors (Lipinski definition) is 3. The Hall–Kier alpha value is -1.96. The van der Waals surface area contributed by atoms with Crippen LogP contribution in [0.4, 0.5) is 14.6 Å². The summed E-state index contributed by atoms with van der Waals surface area (Å²) in [7, 11) is 0. The average Bonchev–Trinajstić information content (AvgIpc) is 3.44. The standard InChI is InChI=1S/C22H27BrF2N4O/c1-22(2,10-13-4-3-5-15(23)8-13)12-26-21(30)16-11-27-29-18(19(24)25)9-17(14-6-7-14)28-20(16)29/h3-5,8,11,14,17-19,28H,6-7,9-10,12H2,1-2H3,(H,26,30)/t17-,18+/m1/s1. The number of aromatic nitrogens is 2. The number of anilines is 1. The Kier molecular flexibility index (Phi) is 5.88. The summed E-state index contributed by atoms with van der Waals surface area (Å²) in [6.07, 6.45) is 2.14. The normalized spacial score (nSPS) is 21.3. The molecule has 1 aliphatic heterocycles. The molecule has 4 rings (SSSR count). The van der Waals surface area contributed by atoms with Gasteiger partial charge in [-0.2, -0.15) is 5.10 Å². The van der Waals surface area contributed by atoms with Gasteiger partial charge in [0.05, 0.1) is 6.20 Å². The highest BCUT2D eigenvalue weighted by Gasteiger charge is 2.41. The Bertz CT molecular complexity index is 926. The fraction of sp³-hybridized carbons (Fsp3) is 0.545. The molecule has 0 bridgehead atoms. The van der Waals surface area contributed by atoms with E-state index in [4.69, 9.17) is 0 Å². The van der Waals surface area contributed by atoms with Crippen molar-refractivity contribution in [2.75, 3.05) is 11.9 Å². The molecule has 2 heterocycles. The first-order valence-corrected chi connectivity index (χ1v) is 11.2. The summed E-state index contributed by atoms with van der Waals surface area (Å²) in [5.41, 5.74) is 1.35. The molecule has 2 aliphatic rings. The molecule has 1 saturated carbocycles. The number of nitrogens with zero attached hydrogens (tertiary/aromatic N) is 2. The zero-order valence-electron chi connectivity index (χ0n) is 17.2. The lowest BCUT2D eigenvalue weighted by molar-refractivity contribution is 0.0644. The average molecular weight is 481 g/mol. The highest BCUT2D eigenvalue weighted by Crippen LogP contribution is 2.42. The topological polar surface area (TPSA) is 59.0 Å². The van der Waals surface area contributed by atoms with Gasteiger partial charge in [0.15, 0.2) is 0 Å². The molecule has 0 saturated heterocycles. The van der Waals surface area contributed by atoms with Crippen LogP contribution < -0.4 is 10.6 Å². The molecular weight excluding hydrogens is 454 g/mol. The lowest BCUT2D eigenvalue weighted by Gasteiger charge is -2.32. The fourth-order valence-corrected chi connectivity index (χ4v) is 4.66. The Balaban J connectivity index is 1.45. The van der Waals surface area contributed by atoms with E-state index in [1.807, 2.05) is 12.1 Å². The van der Waals surface area contributed by atoms with E-state index in [0.717, 1.165) is 23.7 Å². The van der Waals surface area contributed by atoms with E-state index in [9.17, 15) is 13.6 Å². The smallest absolute Gasteiger partial charge is 0.260 e. The van der Waals surface area contributed by atoms with Crippen LogP contribution in [0, 0.1) is 11.3 Å². The number of hydrogen-bond donors (Lipinski definition) is 2. The first-order chi connectivity index (χ1) is 14.2. The Morgan fingerprint density at radius 3 is 2.83 bits per heavy atom. The van der Waals surface area contributed by atoms with Crippen LogP contribution in [0.5, 0.6) is 0 Å². The number of nitrogens with one attached hydrogen (secondary N) is 2. The predicted octanol–water partition coefficient (Wildman–Crippen LogP) is 5.04. The summed E-state index contributed by atoms with van der Waals surface area (Å²) in [5.74, 6) is 0.552. The number of alkyl halides is 2. The molecule has 5 nitrogen and oxygen atoms in total. The first-order valence-electron chi connectivity index (χ1n) is 10.4. The van der Waals surface area contributed by atoms with Gasteiger partial charge < -0.3 is 10.6 Å². The van der Waals surface area contributed by atoms with Crippen LogP contribution in [0.25, 0.3) is 0 Å². The van der Waals surface area contributed by atoms with Crippen molar-refractivity contribution in [3.8, 4) is 0 Å².